The lowest BCUT2D eigenvalue weighted by molar-refractivity contribution is 0.318. The van der Waals surface area contributed by atoms with Crippen LogP contribution in [0.15, 0.2) is 11.2 Å². The molecule has 2 rings (SSSR count). The molecule has 0 amide bonds. The minimum absolute atomic E-state index is 0.199. The van der Waals surface area contributed by atoms with Gasteiger partial charge in [-0.3, -0.25) is 0 Å². The van der Waals surface area contributed by atoms with Crippen LogP contribution in [-0.4, -0.2) is 15.6 Å². The fourth-order valence-corrected chi connectivity index (χ4v) is 1.98. The average molecular weight is 193 g/mol. The van der Waals surface area contributed by atoms with E-state index >= 15 is 0 Å². The predicted octanol–water partition coefficient (Wildman–Crippen LogP) is 1.53. The second kappa shape index (κ2) is 3.04. The van der Waals surface area contributed by atoms with Crippen molar-refractivity contribution in [3.8, 4) is 0 Å². The molecule has 1 heterocycles. The number of oxime groups is 1. The quantitative estimate of drug-likeness (QED) is 0.324. The normalized spacial score (nSPS) is 17.4. The minimum Gasteiger partial charge on any atom is -0.409 e. The van der Waals surface area contributed by atoms with Crippen molar-refractivity contribution in [2.24, 2.45) is 10.9 Å². The molecule has 0 atom stereocenters. The second-order valence-corrected chi connectivity index (χ2v) is 3.87. The zero-order valence-corrected chi connectivity index (χ0v) is 8.49. The van der Waals surface area contributed by atoms with E-state index in [2.05, 4.69) is 16.6 Å². The van der Waals surface area contributed by atoms with Gasteiger partial charge in [0.05, 0.1) is 0 Å². The Balaban J connectivity index is 2.48. The molecule has 76 valence electrons. The third kappa shape index (κ3) is 1.27. The van der Waals surface area contributed by atoms with E-state index in [9.17, 15) is 0 Å². The zero-order chi connectivity index (χ0) is 10.3. The molecule has 4 heteroatoms. The highest BCUT2D eigenvalue weighted by Gasteiger charge is 2.27. The number of amidine groups is 1. The molecule has 0 aromatic carbocycles. The van der Waals surface area contributed by atoms with Gasteiger partial charge < -0.3 is 15.5 Å². The summed E-state index contributed by atoms with van der Waals surface area (Å²) in [4.78, 5) is 0. The summed E-state index contributed by atoms with van der Waals surface area (Å²) in [5.74, 6) is 0.199. The lowest BCUT2D eigenvalue weighted by Crippen LogP contribution is -2.14. The lowest BCUT2D eigenvalue weighted by Gasteiger charge is -2.06. The summed E-state index contributed by atoms with van der Waals surface area (Å²) in [6.07, 6.45) is 2.48. The maximum absolute atomic E-state index is 8.62. The first-order valence-electron chi connectivity index (χ1n) is 4.81. The number of hydrogen-bond acceptors (Lipinski definition) is 2. The van der Waals surface area contributed by atoms with Gasteiger partial charge in [-0.2, -0.15) is 0 Å². The molecule has 1 aromatic rings. The summed E-state index contributed by atoms with van der Waals surface area (Å²) in [6.45, 7) is 4.07. The monoisotopic (exact) mass is 193 g/mol. The molecule has 0 aliphatic heterocycles. The molecule has 0 radical (unpaired) electrons. The van der Waals surface area contributed by atoms with Crippen LogP contribution in [0.2, 0.25) is 0 Å². The van der Waals surface area contributed by atoms with E-state index in [4.69, 9.17) is 10.9 Å². The van der Waals surface area contributed by atoms with Crippen molar-refractivity contribution >= 4 is 5.84 Å². The molecule has 3 N–H and O–H groups in total. The lowest BCUT2D eigenvalue weighted by atomic mass is 10.2. The fourth-order valence-electron chi connectivity index (χ4n) is 1.98. The van der Waals surface area contributed by atoms with Crippen LogP contribution in [-0.2, 0) is 0 Å². The van der Waals surface area contributed by atoms with Gasteiger partial charge in [0.2, 0.25) is 0 Å². The number of aromatic nitrogens is 1. The number of hydrogen-bond donors (Lipinski definition) is 2. The van der Waals surface area contributed by atoms with Gasteiger partial charge in [-0.05, 0) is 32.8 Å². The molecule has 1 aliphatic carbocycles. The smallest absolute Gasteiger partial charge is 0.171 e. The number of nitrogens with two attached hydrogens (primary N) is 1. The fraction of sp³-hybridized carbons (Fsp3) is 0.500. The Labute approximate surface area is 83.0 Å². The van der Waals surface area contributed by atoms with Gasteiger partial charge in [-0.15, -0.1) is 0 Å². The van der Waals surface area contributed by atoms with Crippen molar-refractivity contribution in [3.05, 3.63) is 23.0 Å². The van der Waals surface area contributed by atoms with Crippen molar-refractivity contribution in [2.75, 3.05) is 0 Å². The van der Waals surface area contributed by atoms with E-state index in [-0.39, 0.29) is 5.84 Å². The highest BCUT2D eigenvalue weighted by atomic mass is 16.4. The molecule has 0 bridgehead atoms. The molecule has 1 aliphatic rings. The van der Waals surface area contributed by atoms with Crippen LogP contribution in [0.3, 0.4) is 0 Å². The van der Waals surface area contributed by atoms with Crippen LogP contribution in [0.5, 0.6) is 0 Å². The van der Waals surface area contributed by atoms with Gasteiger partial charge in [0.15, 0.2) is 5.84 Å². The molecule has 0 spiro atoms. The maximum Gasteiger partial charge on any atom is 0.171 e. The minimum atomic E-state index is 0.199. The number of aryl methyl sites for hydroxylation is 1. The van der Waals surface area contributed by atoms with Gasteiger partial charge in [-0.1, -0.05) is 5.16 Å². The van der Waals surface area contributed by atoms with Gasteiger partial charge in [0, 0.05) is 23.0 Å². The van der Waals surface area contributed by atoms with E-state index in [1.54, 1.807) is 0 Å². The molecular formula is C10H15N3O. The molecule has 1 fully saturated rings. The summed E-state index contributed by atoms with van der Waals surface area (Å²) in [5, 5.41) is 11.7. The summed E-state index contributed by atoms with van der Waals surface area (Å²) < 4.78 is 2.27. The van der Waals surface area contributed by atoms with Crippen LogP contribution in [0.25, 0.3) is 0 Å². The summed E-state index contributed by atoms with van der Waals surface area (Å²) >= 11 is 0. The SMILES string of the molecule is Cc1cc(/C(N)=N/O)c(C)n1C1CC1. The van der Waals surface area contributed by atoms with Gasteiger partial charge in [-0.25, -0.2) is 0 Å². The Kier molecular flexibility index (Phi) is 1.98. The van der Waals surface area contributed by atoms with Gasteiger partial charge >= 0.3 is 0 Å². The molecule has 0 unspecified atom stereocenters. The van der Waals surface area contributed by atoms with Crippen molar-refractivity contribution in [1.29, 1.82) is 0 Å². The highest BCUT2D eigenvalue weighted by Crippen LogP contribution is 2.38. The molecular weight excluding hydrogens is 178 g/mol. The van der Waals surface area contributed by atoms with Crippen molar-refractivity contribution < 1.29 is 5.21 Å². The Hall–Kier alpha value is -1.45. The molecule has 1 aromatic heterocycles. The molecule has 0 saturated heterocycles. The third-order valence-corrected chi connectivity index (χ3v) is 2.78. The van der Waals surface area contributed by atoms with Crippen molar-refractivity contribution in [1.82, 2.24) is 4.57 Å². The number of nitrogens with zero attached hydrogens (tertiary/aromatic N) is 2. The highest BCUT2D eigenvalue weighted by molar-refractivity contribution is 5.98. The predicted molar refractivity (Wildman–Crippen MR) is 54.7 cm³/mol. The van der Waals surface area contributed by atoms with Crippen LogP contribution in [0.4, 0.5) is 0 Å². The van der Waals surface area contributed by atoms with E-state index in [0.29, 0.717) is 6.04 Å². The van der Waals surface area contributed by atoms with E-state index in [1.807, 2.05) is 13.0 Å². The number of rotatable bonds is 2. The Morgan fingerprint density at radius 1 is 1.57 bits per heavy atom. The maximum atomic E-state index is 8.62. The molecule has 14 heavy (non-hydrogen) atoms. The Morgan fingerprint density at radius 2 is 2.21 bits per heavy atom. The van der Waals surface area contributed by atoms with E-state index in [1.165, 1.54) is 18.5 Å². The first kappa shape index (κ1) is 9.12. The van der Waals surface area contributed by atoms with Crippen LogP contribution >= 0.6 is 0 Å². The Morgan fingerprint density at radius 3 is 2.71 bits per heavy atom. The summed E-state index contributed by atoms with van der Waals surface area (Å²) in [6, 6.07) is 2.61. The first-order chi connectivity index (χ1) is 6.65. The van der Waals surface area contributed by atoms with Crippen molar-refractivity contribution in [3.63, 3.8) is 0 Å². The molecule has 4 nitrogen and oxygen atoms in total. The average Bonchev–Trinajstić information content (AvgIpc) is 2.93. The third-order valence-electron chi connectivity index (χ3n) is 2.78. The molecule has 1 saturated carbocycles. The first-order valence-corrected chi connectivity index (χ1v) is 4.81. The van der Waals surface area contributed by atoms with Gasteiger partial charge in [0.1, 0.15) is 0 Å². The Bertz CT molecular complexity index is 388. The zero-order valence-electron chi connectivity index (χ0n) is 8.49. The summed E-state index contributed by atoms with van der Waals surface area (Å²) in [7, 11) is 0. The topological polar surface area (TPSA) is 63.5 Å². The van der Waals surface area contributed by atoms with Crippen LogP contribution < -0.4 is 5.73 Å². The van der Waals surface area contributed by atoms with Crippen molar-refractivity contribution in [2.45, 2.75) is 32.7 Å². The van der Waals surface area contributed by atoms with Crippen LogP contribution in [0.1, 0.15) is 35.8 Å². The van der Waals surface area contributed by atoms with E-state index < -0.39 is 0 Å². The standard InChI is InChI=1S/C10H15N3O/c1-6-5-9(10(11)12-14)7(2)13(6)8-3-4-8/h5,8,14H,3-4H2,1-2H3,(H2,11,12). The largest absolute Gasteiger partial charge is 0.409 e. The second-order valence-electron chi connectivity index (χ2n) is 3.87. The van der Waals surface area contributed by atoms with E-state index in [0.717, 1.165) is 11.3 Å². The van der Waals surface area contributed by atoms with Crippen LogP contribution in [0, 0.1) is 13.8 Å². The van der Waals surface area contributed by atoms with Gasteiger partial charge in [0.25, 0.3) is 0 Å². The summed E-state index contributed by atoms with van der Waals surface area (Å²) in [5.41, 5.74) is 8.71.